The van der Waals surface area contributed by atoms with Crippen molar-refractivity contribution in [3.8, 4) is 0 Å². The molecule has 128 valence electrons. The second-order valence-electron chi connectivity index (χ2n) is 6.77. The number of pyridine rings is 1. The molecule has 25 heavy (non-hydrogen) atoms. The summed E-state index contributed by atoms with van der Waals surface area (Å²) in [5.41, 5.74) is 4.94. The maximum atomic E-state index is 13.1. The van der Waals surface area contributed by atoms with Gasteiger partial charge in [0.05, 0.1) is 17.4 Å². The Morgan fingerprint density at radius 1 is 1.32 bits per heavy atom. The fourth-order valence-corrected chi connectivity index (χ4v) is 3.96. The summed E-state index contributed by atoms with van der Waals surface area (Å²) < 4.78 is 0. The predicted molar refractivity (Wildman–Crippen MR) is 97.6 cm³/mol. The molecule has 0 saturated carbocycles. The lowest BCUT2D eigenvalue weighted by Crippen LogP contribution is -2.44. The lowest BCUT2D eigenvalue weighted by atomic mass is 9.83. The Hall–Kier alpha value is -2.69. The molecule has 2 aromatic heterocycles. The number of carbonyl (C=O) groups excluding carboxylic acids is 1. The minimum Gasteiger partial charge on any atom is -0.345 e. The van der Waals surface area contributed by atoms with Crippen LogP contribution < -0.4 is 0 Å². The highest BCUT2D eigenvalue weighted by atomic mass is 16.2. The summed E-state index contributed by atoms with van der Waals surface area (Å²) in [4.78, 5) is 27.0. The van der Waals surface area contributed by atoms with Crippen LogP contribution in [0.3, 0.4) is 0 Å². The van der Waals surface area contributed by atoms with Gasteiger partial charge in [-0.15, -0.1) is 0 Å². The molecule has 5 nitrogen and oxygen atoms in total. The van der Waals surface area contributed by atoms with Crippen LogP contribution in [0.4, 0.5) is 0 Å². The van der Waals surface area contributed by atoms with Gasteiger partial charge in [-0.1, -0.05) is 13.0 Å². The summed E-state index contributed by atoms with van der Waals surface area (Å²) >= 11 is 0. The van der Waals surface area contributed by atoms with Crippen molar-refractivity contribution in [2.75, 3.05) is 6.54 Å². The third-order valence-electron chi connectivity index (χ3n) is 5.18. The molecule has 2 atom stereocenters. The van der Waals surface area contributed by atoms with E-state index in [1.54, 1.807) is 6.33 Å². The summed E-state index contributed by atoms with van der Waals surface area (Å²) in [6.07, 6.45) is 5.34. The predicted octanol–water partition coefficient (Wildman–Crippen LogP) is 3.54. The molecule has 4 rings (SSSR count). The van der Waals surface area contributed by atoms with Crippen molar-refractivity contribution < 1.29 is 4.79 Å². The molecule has 1 unspecified atom stereocenters. The summed E-state index contributed by atoms with van der Waals surface area (Å²) in [6.45, 7) is 4.95. The van der Waals surface area contributed by atoms with E-state index in [4.69, 9.17) is 0 Å². The number of fused-ring (bicyclic) bond motifs is 2. The van der Waals surface area contributed by atoms with Gasteiger partial charge in [0.25, 0.3) is 5.91 Å². The molecule has 1 amide bonds. The number of nitrogens with one attached hydrogen (secondary N) is 1. The zero-order valence-corrected chi connectivity index (χ0v) is 14.6. The standard InChI is InChI=1S/C20H22N4O/c1-3-24(16-9-13(2)19-14(10-16)5-4-8-21-19)20(25)15-6-7-17-18(11-15)23-12-22-17/h4-8,11-13,16H,3,9-10H2,1-2H3,(H,22,23)/t13?,16-/m0/s1. The van der Waals surface area contributed by atoms with Crippen LogP contribution >= 0.6 is 0 Å². The number of rotatable bonds is 3. The van der Waals surface area contributed by atoms with Crippen molar-refractivity contribution in [1.29, 1.82) is 0 Å². The average molecular weight is 334 g/mol. The Labute approximate surface area is 147 Å². The summed E-state index contributed by atoms with van der Waals surface area (Å²) in [5.74, 6) is 0.454. The SMILES string of the molecule is CCN(C(=O)c1ccc2nc[nH]c2c1)[C@@H]1Cc2cccnc2C(C)C1. The smallest absolute Gasteiger partial charge is 0.254 e. The van der Waals surface area contributed by atoms with Crippen molar-refractivity contribution in [2.45, 2.75) is 38.6 Å². The van der Waals surface area contributed by atoms with Gasteiger partial charge in [0.1, 0.15) is 0 Å². The van der Waals surface area contributed by atoms with E-state index in [1.807, 2.05) is 35.4 Å². The molecule has 0 radical (unpaired) electrons. The highest BCUT2D eigenvalue weighted by Gasteiger charge is 2.31. The molecule has 0 fully saturated rings. The number of nitrogens with zero attached hydrogens (tertiary/aromatic N) is 3. The van der Waals surface area contributed by atoms with Gasteiger partial charge in [0.15, 0.2) is 0 Å². The average Bonchev–Trinajstić information content (AvgIpc) is 3.10. The Bertz CT molecular complexity index is 917. The Morgan fingerprint density at radius 2 is 2.20 bits per heavy atom. The van der Waals surface area contributed by atoms with E-state index in [0.29, 0.717) is 18.0 Å². The maximum absolute atomic E-state index is 13.1. The number of likely N-dealkylation sites (N-methyl/N-ethyl adjacent to an activating group) is 1. The highest BCUT2D eigenvalue weighted by molar-refractivity contribution is 5.97. The number of hydrogen-bond donors (Lipinski definition) is 1. The number of hydrogen-bond acceptors (Lipinski definition) is 3. The van der Waals surface area contributed by atoms with Crippen LogP contribution in [-0.2, 0) is 6.42 Å². The number of aromatic amines is 1. The quantitative estimate of drug-likeness (QED) is 0.797. The van der Waals surface area contributed by atoms with Gasteiger partial charge in [0, 0.05) is 36.0 Å². The van der Waals surface area contributed by atoms with Gasteiger partial charge in [-0.05, 0) is 49.6 Å². The van der Waals surface area contributed by atoms with Crippen LogP contribution in [0.25, 0.3) is 11.0 Å². The second kappa shape index (κ2) is 6.31. The van der Waals surface area contributed by atoms with Crippen molar-refractivity contribution >= 4 is 16.9 Å². The van der Waals surface area contributed by atoms with E-state index in [-0.39, 0.29) is 11.9 Å². The molecule has 1 aromatic carbocycles. The van der Waals surface area contributed by atoms with Gasteiger partial charge in [0.2, 0.25) is 0 Å². The second-order valence-corrected chi connectivity index (χ2v) is 6.77. The van der Waals surface area contributed by atoms with Gasteiger partial charge < -0.3 is 9.88 Å². The van der Waals surface area contributed by atoms with Crippen LogP contribution in [0, 0.1) is 0 Å². The normalized spacial score (nSPS) is 19.6. The van der Waals surface area contributed by atoms with E-state index in [2.05, 4.69) is 34.9 Å². The minimum absolute atomic E-state index is 0.0866. The number of aromatic nitrogens is 3. The van der Waals surface area contributed by atoms with Crippen LogP contribution in [0.15, 0.2) is 42.9 Å². The molecule has 5 heteroatoms. The topological polar surface area (TPSA) is 61.9 Å². The summed E-state index contributed by atoms with van der Waals surface area (Å²) in [7, 11) is 0. The van der Waals surface area contributed by atoms with Crippen LogP contribution in [0.2, 0.25) is 0 Å². The Morgan fingerprint density at radius 3 is 3.04 bits per heavy atom. The van der Waals surface area contributed by atoms with E-state index in [1.165, 1.54) is 11.3 Å². The zero-order valence-electron chi connectivity index (χ0n) is 14.6. The molecule has 1 aliphatic rings. The Kier molecular flexibility index (Phi) is 3.99. The number of carbonyl (C=O) groups is 1. The monoisotopic (exact) mass is 334 g/mol. The largest absolute Gasteiger partial charge is 0.345 e. The first kappa shape index (κ1) is 15.8. The molecular formula is C20H22N4O. The molecule has 0 bridgehead atoms. The lowest BCUT2D eigenvalue weighted by Gasteiger charge is -2.36. The molecular weight excluding hydrogens is 312 g/mol. The van der Waals surface area contributed by atoms with E-state index >= 15 is 0 Å². The molecule has 0 saturated heterocycles. The van der Waals surface area contributed by atoms with Gasteiger partial charge >= 0.3 is 0 Å². The van der Waals surface area contributed by atoms with E-state index in [0.717, 1.165) is 23.9 Å². The van der Waals surface area contributed by atoms with Gasteiger partial charge in [-0.25, -0.2) is 4.98 Å². The fraction of sp³-hybridized carbons (Fsp3) is 0.350. The number of imidazole rings is 1. The molecule has 0 spiro atoms. The highest BCUT2D eigenvalue weighted by Crippen LogP contribution is 2.32. The molecule has 2 heterocycles. The molecule has 0 aliphatic heterocycles. The summed E-state index contributed by atoms with van der Waals surface area (Å²) in [6, 6.07) is 10.0. The fourth-order valence-electron chi connectivity index (χ4n) is 3.96. The van der Waals surface area contributed by atoms with Gasteiger partial charge in [-0.2, -0.15) is 0 Å². The number of H-pyrrole nitrogens is 1. The first-order valence-electron chi connectivity index (χ1n) is 8.85. The molecule has 1 aliphatic carbocycles. The summed E-state index contributed by atoms with van der Waals surface area (Å²) in [5, 5.41) is 0. The minimum atomic E-state index is 0.0866. The van der Waals surface area contributed by atoms with Gasteiger partial charge in [-0.3, -0.25) is 9.78 Å². The van der Waals surface area contributed by atoms with Crippen molar-refractivity contribution in [3.63, 3.8) is 0 Å². The van der Waals surface area contributed by atoms with Crippen molar-refractivity contribution in [3.05, 3.63) is 59.7 Å². The molecule has 1 N–H and O–H groups in total. The third-order valence-corrected chi connectivity index (χ3v) is 5.18. The maximum Gasteiger partial charge on any atom is 0.254 e. The molecule has 3 aromatic rings. The first-order chi connectivity index (χ1) is 12.2. The lowest BCUT2D eigenvalue weighted by molar-refractivity contribution is 0.0666. The Balaban J connectivity index is 1.62. The zero-order chi connectivity index (χ0) is 17.4. The first-order valence-corrected chi connectivity index (χ1v) is 8.85. The van der Waals surface area contributed by atoms with Crippen molar-refractivity contribution in [2.24, 2.45) is 0 Å². The third kappa shape index (κ3) is 2.80. The van der Waals surface area contributed by atoms with E-state index in [9.17, 15) is 4.79 Å². The number of amides is 1. The van der Waals surface area contributed by atoms with Crippen LogP contribution in [0.5, 0.6) is 0 Å². The van der Waals surface area contributed by atoms with Crippen LogP contribution in [-0.4, -0.2) is 38.3 Å². The van der Waals surface area contributed by atoms with Crippen molar-refractivity contribution in [1.82, 2.24) is 19.9 Å². The van der Waals surface area contributed by atoms with E-state index < -0.39 is 0 Å². The number of benzene rings is 1. The van der Waals surface area contributed by atoms with Crippen LogP contribution in [0.1, 0.15) is 47.8 Å².